The number of fused-ring (bicyclic) bond motifs is 4. The van der Waals surface area contributed by atoms with E-state index in [1.807, 2.05) is 24.3 Å². The molecule has 0 aromatic heterocycles. The molecule has 5 aromatic carbocycles. The number of hydrogen-bond donors (Lipinski definition) is 0. The third-order valence-corrected chi connectivity index (χ3v) is 5.16. The minimum absolute atomic E-state index is 0.979. The van der Waals surface area contributed by atoms with E-state index < -0.39 is 0 Å². The molecular weight excluding hydrogens is 340 g/mol. The fraction of sp³-hybridized carbons (Fsp3) is 0.0370. The number of para-hydroxylation sites is 2. The summed E-state index contributed by atoms with van der Waals surface area (Å²) >= 11 is 0. The molecule has 6 rings (SSSR count). The van der Waals surface area contributed by atoms with E-state index in [1.54, 1.807) is 0 Å². The summed E-state index contributed by atoms with van der Waals surface area (Å²) in [5, 5.41) is 5.25. The van der Waals surface area contributed by atoms with Gasteiger partial charge in [-0.05, 0) is 56.9 Å². The van der Waals surface area contributed by atoms with Crippen molar-refractivity contribution in [1.82, 2.24) is 0 Å². The first-order valence-electron chi connectivity index (χ1n) is 9.58. The van der Waals surface area contributed by atoms with Gasteiger partial charge in [-0.1, -0.05) is 84.9 Å². The van der Waals surface area contributed by atoms with E-state index in [9.17, 15) is 0 Å². The minimum Gasteiger partial charge on any atom is -0.457 e. The Labute approximate surface area is 164 Å². The van der Waals surface area contributed by atoms with Crippen LogP contribution in [0.1, 0.15) is 11.1 Å². The number of benzene rings is 5. The van der Waals surface area contributed by atoms with Crippen LogP contribution in [0.2, 0.25) is 0 Å². The molecule has 1 aliphatic rings. The highest BCUT2D eigenvalue weighted by atomic mass is 16.5. The Morgan fingerprint density at radius 2 is 0.786 bits per heavy atom. The maximum absolute atomic E-state index is 5.78. The van der Waals surface area contributed by atoms with Crippen molar-refractivity contribution >= 4 is 21.5 Å². The third kappa shape index (κ3) is 3.23. The monoisotopic (exact) mass is 360 g/mol. The van der Waals surface area contributed by atoms with Crippen LogP contribution in [0.5, 0.6) is 11.5 Å². The molecule has 0 saturated heterocycles. The van der Waals surface area contributed by atoms with Crippen molar-refractivity contribution in [2.75, 3.05) is 0 Å². The van der Waals surface area contributed by atoms with Crippen LogP contribution in [-0.2, 0) is 6.42 Å². The lowest BCUT2D eigenvalue weighted by molar-refractivity contribution is 0.460. The number of rotatable bonds is 0. The van der Waals surface area contributed by atoms with E-state index in [-0.39, 0.29) is 0 Å². The molecule has 1 nitrogen and oxygen atoms in total. The van der Waals surface area contributed by atoms with Crippen molar-refractivity contribution in [2.45, 2.75) is 6.42 Å². The van der Waals surface area contributed by atoms with Crippen LogP contribution in [0.25, 0.3) is 21.5 Å². The van der Waals surface area contributed by atoms with Crippen LogP contribution < -0.4 is 4.74 Å². The van der Waals surface area contributed by atoms with Crippen LogP contribution in [-0.4, -0.2) is 0 Å². The van der Waals surface area contributed by atoms with Gasteiger partial charge in [0.15, 0.2) is 0 Å². The van der Waals surface area contributed by atoms with Crippen molar-refractivity contribution in [3.8, 4) is 11.5 Å². The maximum Gasteiger partial charge on any atom is 0.130 e. The molecule has 1 aliphatic heterocycles. The van der Waals surface area contributed by atoms with Gasteiger partial charge in [0.25, 0.3) is 0 Å². The van der Waals surface area contributed by atoms with E-state index in [0.29, 0.717) is 0 Å². The molecule has 0 fully saturated rings. The molecule has 134 valence electrons. The van der Waals surface area contributed by atoms with Gasteiger partial charge in [-0.25, -0.2) is 0 Å². The van der Waals surface area contributed by atoms with Crippen molar-refractivity contribution in [3.05, 3.63) is 120 Å². The Balaban J connectivity index is 0.000000122. The predicted octanol–water partition coefficient (Wildman–Crippen LogP) is 7.38. The van der Waals surface area contributed by atoms with Gasteiger partial charge in [-0.3, -0.25) is 0 Å². The minimum atomic E-state index is 0.979. The average molecular weight is 360 g/mol. The maximum atomic E-state index is 5.78. The van der Waals surface area contributed by atoms with Crippen molar-refractivity contribution in [3.63, 3.8) is 0 Å². The molecule has 5 aromatic rings. The van der Waals surface area contributed by atoms with E-state index in [1.165, 1.54) is 32.7 Å². The molecule has 0 radical (unpaired) electrons. The molecule has 0 bridgehead atoms. The highest BCUT2D eigenvalue weighted by Crippen LogP contribution is 2.35. The van der Waals surface area contributed by atoms with E-state index in [2.05, 4.69) is 84.9 Å². The van der Waals surface area contributed by atoms with Crippen molar-refractivity contribution in [2.24, 2.45) is 0 Å². The second-order valence-corrected chi connectivity index (χ2v) is 7.04. The van der Waals surface area contributed by atoms with Gasteiger partial charge in [0, 0.05) is 6.42 Å². The van der Waals surface area contributed by atoms with Gasteiger partial charge >= 0.3 is 0 Å². The van der Waals surface area contributed by atoms with Crippen LogP contribution in [0.15, 0.2) is 109 Å². The molecule has 0 amide bonds. The standard InChI is InChI=1S/C14H10.C13H10O/c1-2-6-12-10-14-8-4-3-7-13(14)9-11(12)5-1;1-3-7-12-10(5-1)9-11-6-2-4-8-13(11)14-12/h1-10H;1-8H,9H2. The first kappa shape index (κ1) is 16.6. The van der Waals surface area contributed by atoms with Crippen LogP contribution in [0.3, 0.4) is 0 Å². The number of ether oxygens (including phenoxy) is 1. The molecule has 0 unspecified atom stereocenters. The summed E-state index contributed by atoms with van der Waals surface area (Å²) in [6.45, 7) is 0. The van der Waals surface area contributed by atoms with E-state index in [0.717, 1.165) is 17.9 Å². The molecule has 0 atom stereocenters. The van der Waals surface area contributed by atoms with Crippen LogP contribution in [0, 0.1) is 0 Å². The van der Waals surface area contributed by atoms with E-state index in [4.69, 9.17) is 4.74 Å². The van der Waals surface area contributed by atoms with Gasteiger partial charge in [0.1, 0.15) is 11.5 Å². The van der Waals surface area contributed by atoms with E-state index >= 15 is 0 Å². The highest BCUT2D eigenvalue weighted by Gasteiger charge is 2.14. The first-order valence-corrected chi connectivity index (χ1v) is 9.58. The third-order valence-electron chi connectivity index (χ3n) is 5.16. The van der Waals surface area contributed by atoms with Crippen LogP contribution >= 0.6 is 0 Å². The smallest absolute Gasteiger partial charge is 0.130 e. The topological polar surface area (TPSA) is 9.23 Å². The zero-order valence-corrected chi connectivity index (χ0v) is 15.5. The Morgan fingerprint density at radius 1 is 0.429 bits per heavy atom. The Hall–Kier alpha value is -3.58. The molecular formula is C27H20O. The molecule has 1 heterocycles. The molecule has 0 aliphatic carbocycles. The normalized spacial score (nSPS) is 11.7. The second kappa shape index (κ2) is 7.21. The lowest BCUT2D eigenvalue weighted by Crippen LogP contribution is -2.01. The van der Waals surface area contributed by atoms with Gasteiger partial charge in [0.2, 0.25) is 0 Å². The first-order chi connectivity index (χ1) is 13.9. The summed E-state index contributed by atoms with van der Waals surface area (Å²) < 4.78 is 5.78. The van der Waals surface area contributed by atoms with Gasteiger partial charge in [0.05, 0.1) is 0 Å². The SMILES string of the molecule is c1ccc2c(c1)Cc1ccccc1O2.c1ccc2cc3ccccc3cc2c1. The summed E-state index contributed by atoms with van der Waals surface area (Å²) in [5.41, 5.74) is 2.54. The lowest BCUT2D eigenvalue weighted by atomic mass is 10.0. The zero-order chi connectivity index (χ0) is 18.8. The quantitative estimate of drug-likeness (QED) is 0.257. The molecule has 0 N–H and O–H groups in total. The largest absolute Gasteiger partial charge is 0.457 e. The van der Waals surface area contributed by atoms with Crippen molar-refractivity contribution < 1.29 is 4.74 Å². The second-order valence-electron chi connectivity index (χ2n) is 7.04. The average Bonchev–Trinajstić information content (AvgIpc) is 2.76. The zero-order valence-electron chi connectivity index (χ0n) is 15.5. The fourth-order valence-corrected chi connectivity index (χ4v) is 3.71. The summed E-state index contributed by atoms with van der Waals surface area (Å²) in [6, 6.07) is 37.8. The summed E-state index contributed by atoms with van der Waals surface area (Å²) in [4.78, 5) is 0. The summed E-state index contributed by atoms with van der Waals surface area (Å²) in [6.07, 6.45) is 0.979. The Kier molecular flexibility index (Phi) is 4.27. The van der Waals surface area contributed by atoms with Gasteiger partial charge in [-0.15, -0.1) is 0 Å². The molecule has 0 saturated carbocycles. The highest BCUT2D eigenvalue weighted by molar-refractivity contribution is 5.98. The predicted molar refractivity (Wildman–Crippen MR) is 117 cm³/mol. The summed E-state index contributed by atoms with van der Waals surface area (Å²) in [5.74, 6) is 1.98. The fourth-order valence-electron chi connectivity index (χ4n) is 3.71. The van der Waals surface area contributed by atoms with Crippen LogP contribution in [0.4, 0.5) is 0 Å². The molecule has 28 heavy (non-hydrogen) atoms. The molecule has 0 spiro atoms. The van der Waals surface area contributed by atoms with Gasteiger partial charge in [-0.2, -0.15) is 0 Å². The van der Waals surface area contributed by atoms with Crippen molar-refractivity contribution in [1.29, 1.82) is 0 Å². The Morgan fingerprint density at radius 3 is 1.21 bits per heavy atom. The lowest BCUT2D eigenvalue weighted by Gasteiger charge is -2.19. The van der Waals surface area contributed by atoms with Gasteiger partial charge < -0.3 is 4.74 Å². The summed E-state index contributed by atoms with van der Waals surface area (Å²) in [7, 11) is 0. The number of hydrogen-bond acceptors (Lipinski definition) is 1. The molecule has 1 heteroatoms. The Bertz CT molecular complexity index is 1080.